The van der Waals surface area contributed by atoms with E-state index in [0.29, 0.717) is 11.6 Å². The molecule has 3 rings (SSSR count). The number of methoxy groups -OCH3 is 1. The van der Waals surface area contributed by atoms with Crippen LogP contribution in [0, 0.1) is 0 Å². The van der Waals surface area contributed by atoms with E-state index in [2.05, 4.69) is 4.98 Å². The topological polar surface area (TPSA) is 72.6 Å². The summed E-state index contributed by atoms with van der Waals surface area (Å²) in [4.78, 5) is 15.3. The molecule has 110 valence electrons. The molecule has 22 heavy (non-hydrogen) atoms. The molecule has 0 unspecified atom stereocenters. The fourth-order valence-corrected chi connectivity index (χ4v) is 2.06. The molecule has 1 N–H and O–H groups in total. The molecule has 1 heterocycles. The minimum absolute atomic E-state index is 0.227. The van der Waals surface area contributed by atoms with Crippen molar-refractivity contribution in [3.8, 4) is 28.5 Å². The fraction of sp³-hybridized carbons (Fsp3) is 0.0588. The number of carboxylic acid groups (broad SMARTS) is 1. The van der Waals surface area contributed by atoms with Crippen molar-refractivity contribution in [2.24, 2.45) is 0 Å². The van der Waals surface area contributed by atoms with Crippen LogP contribution in [0.5, 0.6) is 5.75 Å². The first-order chi connectivity index (χ1) is 10.7. The first-order valence-corrected chi connectivity index (χ1v) is 6.61. The van der Waals surface area contributed by atoms with Crippen LogP contribution in [0.4, 0.5) is 0 Å². The maximum atomic E-state index is 10.8. The number of aromatic carboxylic acids is 1. The number of hydrogen-bond acceptors (Lipinski definition) is 4. The van der Waals surface area contributed by atoms with Crippen LogP contribution in [0.15, 0.2) is 59.2 Å². The second kappa shape index (κ2) is 5.73. The molecule has 2 aromatic carbocycles. The van der Waals surface area contributed by atoms with Crippen molar-refractivity contribution in [3.05, 3.63) is 60.4 Å². The van der Waals surface area contributed by atoms with Crippen molar-refractivity contribution in [1.29, 1.82) is 0 Å². The Labute approximate surface area is 126 Å². The Morgan fingerprint density at radius 2 is 1.68 bits per heavy atom. The van der Waals surface area contributed by atoms with Crippen LogP contribution in [-0.2, 0) is 0 Å². The van der Waals surface area contributed by atoms with Crippen LogP contribution < -0.4 is 4.74 Å². The summed E-state index contributed by atoms with van der Waals surface area (Å²) in [7, 11) is 1.62. The number of nitrogens with zero attached hydrogens (tertiary/aromatic N) is 1. The quantitative estimate of drug-likeness (QED) is 0.794. The van der Waals surface area contributed by atoms with Gasteiger partial charge in [-0.3, -0.25) is 0 Å². The average Bonchev–Trinajstić information content (AvgIpc) is 3.05. The third kappa shape index (κ3) is 2.69. The summed E-state index contributed by atoms with van der Waals surface area (Å²) in [6, 6.07) is 13.9. The highest BCUT2D eigenvalue weighted by Gasteiger charge is 2.10. The van der Waals surface area contributed by atoms with Gasteiger partial charge in [0.15, 0.2) is 0 Å². The lowest BCUT2D eigenvalue weighted by Gasteiger charge is -2.00. The monoisotopic (exact) mass is 295 g/mol. The number of ether oxygens (including phenoxy) is 1. The van der Waals surface area contributed by atoms with E-state index >= 15 is 0 Å². The SMILES string of the molecule is COc1ccc(-c2coc(-c3ccc(C(=O)O)cc3)n2)cc1. The molecule has 0 saturated heterocycles. The Kier molecular flexibility index (Phi) is 3.62. The zero-order valence-corrected chi connectivity index (χ0v) is 11.8. The molecule has 0 spiro atoms. The number of benzene rings is 2. The van der Waals surface area contributed by atoms with Gasteiger partial charge in [-0.05, 0) is 48.5 Å². The minimum atomic E-state index is -0.960. The standard InChI is InChI=1S/C17H13NO4/c1-21-14-8-6-11(7-9-14)15-10-22-16(18-15)12-2-4-13(5-3-12)17(19)20/h2-10H,1H3,(H,19,20). The van der Waals surface area contributed by atoms with Gasteiger partial charge in [-0.25, -0.2) is 9.78 Å². The molecule has 0 fully saturated rings. The van der Waals surface area contributed by atoms with Gasteiger partial charge in [-0.1, -0.05) is 0 Å². The van der Waals surface area contributed by atoms with Crippen molar-refractivity contribution in [1.82, 2.24) is 4.98 Å². The van der Waals surface area contributed by atoms with Gasteiger partial charge in [0.05, 0.1) is 12.7 Å². The van der Waals surface area contributed by atoms with Gasteiger partial charge < -0.3 is 14.3 Å². The van der Waals surface area contributed by atoms with Crippen molar-refractivity contribution in [3.63, 3.8) is 0 Å². The van der Waals surface area contributed by atoms with Crippen molar-refractivity contribution >= 4 is 5.97 Å². The molecule has 3 aromatic rings. The number of hydrogen-bond donors (Lipinski definition) is 1. The van der Waals surface area contributed by atoms with E-state index in [0.717, 1.165) is 16.9 Å². The van der Waals surface area contributed by atoms with Crippen LogP contribution >= 0.6 is 0 Å². The Hall–Kier alpha value is -3.08. The van der Waals surface area contributed by atoms with Crippen LogP contribution in [0.3, 0.4) is 0 Å². The fourth-order valence-electron chi connectivity index (χ4n) is 2.06. The van der Waals surface area contributed by atoms with Gasteiger partial charge in [0.1, 0.15) is 17.7 Å². The van der Waals surface area contributed by atoms with Crippen LogP contribution in [0.1, 0.15) is 10.4 Å². The lowest BCUT2D eigenvalue weighted by molar-refractivity contribution is 0.0697. The van der Waals surface area contributed by atoms with Gasteiger partial charge in [-0.2, -0.15) is 0 Å². The molecular formula is C17H13NO4. The van der Waals surface area contributed by atoms with Gasteiger partial charge in [-0.15, -0.1) is 0 Å². The van der Waals surface area contributed by atoms with E-state index in [-0.39, 0.29) is 5.56 Å². The predicted octanol–water partition coefficient (Wildman–Crippen LogP) is 3.72. The van der Waals surface area contributed by atoms with Gasteiger partial charge >= 0.3 is 5.97 Å². The van der Waals surface area contributed by atoms with E-state index in [9.17, 15) is 4.79 Å². The minimum Gasteiger partial charge on any atom is -0.497 e. The number of rotatable bonds is 4. The van der Waals surface area contributed by atoms with Gasteiger partial charge in [0.2, 0.25) is 5.89 Å². The third-order valence-corrected chi connectivity index (χ3v) is 3.27. The second-order valence-electron chi connectivity index (χ2n) is 4.65. The summed E-state index contributed by atoms with van der Waals surface area (Å²) >= 11 is 0. The Bertz CT molecular complexity index is 788. The molecule has 0 radical (unpaired) electrons. The lowest BCUT2D eigenvalue weighted by atomic mass is 10.1. The molecule has 0 aliphatic carbocycles. The summed E-state index contributed by atoms with van der Waals surface area (Å²) in [5, 5.41) is 8.89. The normalized spacial score (nSPS) is 10.4. The zero-order chi connectivity index (χ0) is 15.5. The Balaban J connectivity index is 1.87. The van der Waals surface area contributed by atoms with E-state index in [4.69, 9.17) is 14.3 Å². The second-order valence-corrected chi connectivity index (χ2v) is 4.65. The Morgan fingerprint density at radius 1 is 1.05 bits per heavy atom. The first-order valence-electron chi connectivity index (χ1n) is 6.61. The predicted molar refractivity (Wildman–Crippen MR) is 80.9 cm³/mol. The van der Waals surface area contributed by atoms with Crippen molar-refractivity contribution in [2.75, 3.05) is 7.11 Å². The number of oxazole rings is 1. The molecule has 0 atom stereocenters. The number of carboxylic acids is 1. The number of carbonyl (C=O) groups is 1. The highest BCUT2D eigenvalue weighted by atomic mass is 16.5. The van der Waals surface area contributed by atoms with Gasteiger partial charge in [0.25, 0.3) is 0 Å². The molecule has 0 aliphatic heterocycles. The highest BCUT2D eigenvalue weighted by molar-refractivity contribution is 5.88. The van der Waals surface area contributed by atoms with Crippen LogP contribution in [0.2, 0.25) is 0 Å². The first kappa shape index (κ1) is 13.9. The lowest BCUT2D eigenvalue weighted by Crippen LogP contribution is -1.94. The number of aromatic nitrogens is 1. The van der Waals surface area contributed by atoms with Crippen molar-refractivity contribution in [2.45, 2.75) is 0 Å². The molecule has 0 bridgehead atoms. The third-order valence-electron chi connectivity index (χ3n) is 3.27. The van der Waals surface area contributed by atoms with Crippen molar-refractivity contribution < 1.29 is 19.1 Å². The van der Waals surface area contributed by atoms with Gasteiger partial charge in [0, 0.05) is 11.1 Å². The summed E-state index contributed by atoms with van der Waals surface area (Å²) in [5.74, 6) is 0.261. The van der Waals surface area contributed by atoms with E-state index in [1.54, 1.807) is 25.5 Å². The summed E-state index contributed by atoms with van der Waals surface area (Å²) in [6.07, 6.45) is 1.57. The van der Waals surface area contributed by atoms with E-state index < -0.39 is 5.97 Å². The van der Waals surface area contributed by atoms with E-state index in [1.807, 2.05) is 24.3 Å². The van der Waals surface area contributed by atoms with Crippen LogP contribution in [-0.4, -0.2) is 23.2 Å². The molecule has 0 aliphatic rings. The Morgan fingerprint density at radius 3 is 2.27 bits per heavy atom. The maximum Gasteiger partial charge on any atom is 0.335 e. The highest BCUT2D eigenvalue weighted by Crippen LogP contribution is 2.26. The molecule has 5 heteroatoms. The van der Waals surface area contributed by atoms with E-state index in [1.165, 1.54) is 12.1 Å². The molecule has 5 nitrogen and oxygen atoms in total. The summed E-state index contributed by atoms with van der Waals surface area (Å²) < 4.78 is 10.6. The summed E-state index contributed by atoms with van der Waals surface area (Å²) in [5.41, 5.74) is 2.58. The molecule has 0 amide bonds. The average molecular weight is 295 g/mol. The largest absolute Gasteiger partial charge is 0.497 e. The summed E-state index contributed by atoms with van der Waals surface area (Å²) in [6.45, 7) is 0. The van der Waals surface area contributed by atoms with Crippen LogP contribution in [0.25, 0.3) is 22.7 Å². The maximum absolute atomic E-state index is 10.8. The molecule has 0 saturated carbocycles. The zero-order valence-electron chi connectivity index (χ0n) is 11.8. The molecule has 1 aromatic heterocycles. The molecular weight excluding hydrogens is 282 g/mol. The smallest absolute Gasteiger partial charge is 0.335 e.